The molecule has 2 heterocycles. The number of rotatable bonds is 0. The summed E-state index contributed by atoms with van der Waals surface area (Å²) in [5, 5.41) is 7.08. The van der Waals surface area contributed by atoms with E-state index in [1.165, 1.54) is 22.1 Å². The topological polar surface area (TPSA) is 24.1 Å². The SMILES string of the molecule is Brc1cccc2c1N[C@H]1CCNC[C@@H]21. The van der Waals surface area contributed by atoms with Crippen LogP contribution < -0.4 is 10.6 Å². The minimum absolute atomic E-state index is 0.643. The lowest BCUT2D eigenvalue weighted by atomic mass is 9.91. The maximum atomic E-state index is 3.62. The second-order valence-corrected chi connectivity index (χ2v) is 4.91. The van der Waals surface area contributed by atoms with Gasteiger partial charge in [0.05, 0.1) is 5.69 Å². The van der Waals surface area contributed by atoms with Crippen molar-refractivity contribution < 1.29 is 0 Å². The second-order valence-electron chi connectivity index (χ2n) is 4.05. The van der Waals surface area contributed by atoms with Crippen molar-refractivity contribution in [1.82, 2.24) is 5.32 Å². The molecule has 0 amide bonds. The third-order valence-electron chi connectivity index (χ3n) is 3.26. The number of piperidine rings is 1. The molecule has 74 valence electrons. The quantitative estimate of drug-likeness (QED) is 0.741. The summed E-state index contributed by atoms with van der Waals surface area (Å²) in [7, 11) is 0. The first-order chi connectivity index (χ1) is 6.86. The lowest BCUT2D eigenvalue weighted by Crippen LogP contribution is -2.38. The van der Waals surface area contributed by atoms with Crippen LogP contribution in [0, 0.1) is 0 Å². The summed E-state index contributed by atoms with van der Waals surface area (Å²) in [6, 6.07) is 7.12. The van der Waals surface area contributed by atoms with Gasteiger partial charge in [-0.1, -0.05) is 12.1 Å². The number of hydrogen-bond donors (Lipinski definition) is 2. The number of nitrogens with one attached hydrogen (secondary N) is 2. The van der Waals surface area contributed by atoms with Crippen LogP contribution in [0.5, 0.6) is 0 Å². The Bertz CT molecular complexity index is 364. The molecule has 0 aromatic heterocycles. The van der Waals surface area contributed by atoms with Gasteiger partial charge in [0.1, 0.15) is 0 Å². The van der Waals surface area contributed by atoms with Gasteiger partial charge in [0.2, 0.25) is 0 Å². The Labute approximate surface area is 92.2 Å². The van der Waals surface area contributed by atoms with Crippen LogP contribution in [-0.2, 0) is 0 Å². The van der Waals surface area contributed by atoms with Crippen molar-refractivity contribution in [3.05, 3.63) is 28.2 Å². The standard InChI is InChI=1S/C11H13BrN2/c12-9-3-1-2-7-8-6-13-5-4-10(8)14-11(7)9/h1-3,8,10,13-14H,4-6H2/t8-,10-/m0/s1. The normalized spacial score (nSPS) is 29.2. The number of anilines is 1. The van der Waals surface area contributed by atoms with E-state index in [-0.39, 0.29) is 0 Å². The molecule has 0 aliphatic carbocycles. The fourth-order valence-electron chi connectivity index (χ4n) is 2.55. The monoisotopic (exact) mass is 252 g/mol. The van der Waals surface area contributed by atoms with Crippen LogP contribution in [0.4, 0.5) is 5.69 Å². The highest BCUT2D eigenvalue weighted by Gasteiger charge is 2.34. The number of halogens is 1. The molecule has 2 N–H and O–H groups in total. The first kappa shape index (κ1) is 8.74. The van der Waals surface area contributed by atoms with E-state index < -0.39 is 0 Å². The smallest absolute Gasteiger partial charge is 0.0523 e. The van der Waals surface area contributed by atoms with E-state index >= 15 is 0 Å². The van der Waals surface area contributed by atoms with E-state index in [9.17, 15) is 0 Å². The van der Waals surface area contributed by atoms with Crippen molar-refractivity contribution >= 4 is 21.6 Å². The fraction of sp³-hybridized carbons (Fsp3) is 0.455. The zero-order valence-electron chi connectivity index (χ0n) is 7.89. The summed E-state index contributed by atoms with van der Waals surface area (Å²) in [6.07, 6.45) is 1.23. The van der Waals surface area contributed by atoms with Gasteiger partial charge in [-0.25, -0.2) is 0 Å². The molecule has 1 fully saturated rings. The molecule has 1 saturated heterocycles. The highest BCUT2D eigenvalue weighted by atomic mass is 79.9. The van der Waals surface area contributed by atoms with E-state index in [1.807, 2.05) is 0 Å². The summed E-state index contributed by atoms with van der Waals surface area (Å²) < 4.78 is 1.20. The van der Waals surface area contributed by atoms with Gasteiger partial charge in [0, 0.05) is 23.0 Å². The average Bonchev–Trinajstić information content (AvgIpc) is 2.59. The van der Waals surface area contributed by atoms with Crippen LogP contribution in [0.2, 0.25) is 0 Å². The zero-order chi connectivity index (χ0) is 9.54. The summed E-state index contributed by atoms with van der Waals surface area (Å²) in [5.41, 5.74) is 2.78. The van der Waals surface area contributed by atoms with Gasteiger partial charge in [0.25, 0.3) is 0 Å². The Hall–Kier alpha value is -0.540. The summed E-state index contributed by atoms with van der Waals surface area (Å²) in [5.74, 6) is 0.663. The van der Waals surface area contributed by atoms with Gasteiger partial charge in [-0.05, 0) is 40.5 Å². The average molecular weight is 253 g/mol. The molecule has 1 aromatic carbocycles. The predicted octanol–water partition coefficient (Wildman–Crippen LogP) is 2.32. The Balaban J connectivity index is 2.05. The van der Waals surface area contributed by atoms with Crippen molar-refractivity contribution in [1.29, 1.82) is 0 Å². The third kappa shape index (κ3) is 1.19. The van der Waals surface area contributed by atoms with Gasteiger partial charge in [-0.2, -0.15) is 0 Å². The minimum atomic E-state index is 0.643. The van der Waals surface area contributed by atoms with E-state index in [4.69, 9.17) is 0 Å². The molecule has 2 aliphatic heterocycles. The van der Waals surface area contributed by atoms with Crippen molar-refractivity contribution in [2.75, 3.05) is 18.4 Å². The van der Waals surface area contributed by atoms with E-state index in [2.05, 4.69) is 44.8 Å². The van der Waals surface area contributed by atoms with Crippen LogP contribution in [0.1, 0.15) is 17.9 Å². The Morgan fingerprint density at radius 3 is 3.21 bits per heavy atom. The molecular weight excluding hydrogens is 240 g/mol. The Morgan fingerprint density at radius 2 is 2.29 bits per heavy atom. The van der Waals surface area contributed by atoms with E-state index in [0.717, 1.165) is 13.1 Å². The summed E-state index contributed by atoms with van der Waals surface area (Å²) in [6.45, 7) is 2.25. The van der Waals surface area contributed by atoms with Gasteiger partial charge in [-0.15, -0.1) is 0 Å². The number of benzene rings is 1. The largest absolute Gasteiger partial charge is 0.380 e. The van der Waals surface area contributed by atoms with Gasteiger partial charge in [-0.3, -0.25) is 0 Å². The molecule has 0 saturated carbocycles. The Kier molecular flexibility index (Phi) is 2.03. The number of hydrogen-bond acceptors (Lipinski definition) is 2. The maximum absolute atomic E-state index is 3.62. The Morgan fingerprint density at radius 1 is 1.36 bits per heavy atom. The van der Waals surface area contributed by atoms with Crippen LogP contribution in [-0.4, -0.2) is 19.1 Å². The van der Waals surface area contributed by atoms with E-state index in [1.54, 1.807) is 0 Å². The van der Waals surface area contributed by atoms with Crippen molar-refractivity contribution in [2.24, 2.45) is 0 Å². The number of para-hydroxylation sites is 1. The second kappa shape index (κ2) is 3.24. The van der Waals surface area contributed by atoms with Crippen LogP contribution in [0.25, 0.3) is 0 Å². The molecule has 2 atom stereocenters. The lowest BCUT2D eigenvalue weighted by molar-refractivity contribution is 0.440. The van der Waals surface area contributed by atoms with Crippen LogP contribution in [0.15, 0.2) is 22.7 Å². The molecule has 2 nitrogen and oxygen atoms in total. The number of fused-ring (bicyclic) bond motifs is 3. The van der Waals surface area contributed by atoms with E-state index in [0.29, 0.717) is 12.0 Å². The molecule has 3 heteroatoms. The third-order valence-corrected chi connectivity index (χ3v) is 3.92. The first-order valence-corrected chi connectivity index (χ1v) is 5.91. The highest BCUT2D eigenvalue weighted by molar-refractivity contribution is 9.10. The van der Waals surface area contributed by atoms with Crippen molar-refractivity contribution in [3.63, 3.8) is 0 Å². The molecule has 14 heavy (non-hydrogen) atoms. The van der Waals surface area contributed by atoms with Gasteiger partial charge >= 0.3 is 0 Å². The van der Waals surface area contributed by atoms with Crippen molar-refractivity contribution in [3.8, 4) is 0 Å². The first-order valence-electron chi connectivity index (χ1n) is 5.12. The van der Waals surface area contributed by atoms with Gasteiger partial charge in [0.15, 0.2) is 0 Å². The predicted molar refractivity (Wildman–Crippen MR) is 61.8 cm³/mol. The molecule has 1 aromatic rings. The molecule has 0 unspecified atom stereocenters. The van der Waals surface area contributed by atoms with Crippen LogP contribution >= 0.6 is 15.9 Å². The molecule has 0 spiro atoms. The fourth-order valence-corrected chi connectivity index (χ4v) is 3.04. The highest BCUT2D eigenvalue weighted by Crippen LogP contribution is 2.41. The summed E-state index contributed by atoms with van der Waals surface area (Å²) in [4.78, 5) is 0. The van der Waals surface area contributed by atoms with Gasteiger partial charge < -0.3 is 10.6 Å². The van der Waals surface area contributed by atoms with Crippen LogP contribution in [0.3, 0.4) is 0 Å². The molecule has 0 bridgehead atoms. The lowest BCUT2D eigenvalue weighted by Gasteiger charge is -2.26. The summed E-state index contributed by atoms with van der Waals surface area (Å²) >= 11 is 3.60. The maximum Gasteiger partial charge on any atom is 0.0523 e. The molecule has 2 aliphatic rings. The zero-order valence-corrected chi connectivity index (χ0v) is 9.47. The minimum Gasteiger partial charge on any atom is -0.380 e. The molecule has 0 radical (unpaired) electrons. The van der Waals surface area contributed by atoms with Crippen molar-refractivity contribution in [2.45, 2.75) is 18.4 Å². The molecule has 3 rings (SSSR count). The molecular formula is C11H13BrN2.